The molecule has 3 aliphatic rings. The number of carbonyl (C=O) groups is 9. The van der Waals surface area contributed by atoms with E-state index in [9.17, 15) is 38.4 Å². The molecule has 1 amide bonds. The van der Waals surface area contributed by atoms with Gasteiger partial charge in [0.15, 0.2) is 67.6 Å². The van der Waals surface area contributed by atoms with Gasteiger partial charge in [0.1, 0.15) is 44.2 Å². The van der Waals surface area contributed by atoms with Crippen LogP contribution >= 0.6 is 7.82 Å². The fraction of sp³-hybridized carbons (Fsp3) is 0.400. The lowest BCUT2D eigenvalue weighted by molar-refractivity contribution is -0.373. The van der Waals surface area contributed by atoms with Crippen LogP contribution < -0.4 is 15.7 Å². The first kappa shape index (κ1) is 89.0. The lowest BCUT2D eigenvalue weighted by atomic mass is 9.95. The van der Waals surface area contributed by atoms with Crippen molar-refractivity contribution in [1.82, 2.24) is 5.32 Å². The van der Waals surface area contributed by atoms with Gasteiger partial charge in [0.25, 0.3) is 8.32 Å². The number of phosphoric ester groups is 1. The van der Waals surface area contributed by atoms with Crippen LogP contribution in [0.4, 0.5) is 4.79 Å². The molecular formula is C85H96NO29PSi. The summed E-state index contributed by atoms with van der Waals surface area (Å²) in [5.41, 5.74) is 2.89. The molecule has 624 valence electrons. The topological polar surface area (TPSA) is 358 Å². The normalized spacial score (nSPS) is 22.9. The fourth-order valence-electron chi connectivity index (χ4n) is 13.5. The van der Waals surface area contributed by atoms with Gasteiger partial charge in [-0.05, 0) is 56.7 Å². The zero-order valence-electron chi connectivity index (χ0n) is 66.2. The second kappa shape index (κ2) is 42.1. The second-order valence-electron chi connectivity index (χ2n) is 28.7. The molecule has 117 heavy (non-hydrogen) atoms. The van der Waals surface area contributed by atoms with Gasteiger partial charge in [-0.3, -0.25) is 42.3 Å². The number of esters is 8. The van der Waals surface area contributed by atoms with Crippen molar-refractivity contribution in [2.75, 3.05) is 26.4 Å². The van der Waals surface area contributed by atoms with Gasteiger partial charge >= 0.3 is 61.7 Å². The summed E-state index contributed by atoms with van der Waals surface area (Å²) in [6, 6.07) is 57.7. The van der Waals surface area contributed by atoms with Crippen molar-refractivity contribution >= 4 is 80.4 Å². The summed E-state index contributed by atoms with van der Waals surface area (Å²) >= 11 is 0. The average Bonchev–Trinajstić information content (AvgIpc) is 0.740. The van der Waals surface area contributed by atoms with Crippen molar-refractivity contribution in [1.29, 1.82) is 0 Å². The molecule has 0 aliphatic carbocycles. The van der Waals surface area contributed by atoms with Crippen molar-refractivity contribution in [3.8, 4) is 0 Å². The SMILES string of the molecule is CC(=O)OC[C@H]1O[C@H](O[C@H]2[C@@H](OC(=O)c3ccc(C)cc3)[C@@H](CO[Si](c3ccccc3)(c3ccccc3)C(C)(C)C)O[C@@H](O[C@@H]3CO[C@@H](OC[C@H](NC(=O)OCc4ccccc4)C(=O)OCc4ccccc4)[C@H](OP(=O)(OCc4ccccc4)OCc4ccccc4)[C@H]3OC(C)=O)[C@@H]2OC(C)=O)[C@H](OC(C)=O)[C@@H](OC(C)=O)[C@H]1OC(C)=O. The molecule has 7 aromatic rings. The van der Waals surface area contributed by atoms with E-state index < -0.39 is 207 Å². The Morgan fingerprint density at radius 2 is 0.863 bits per heavy atom. The van der Waals surface area contributed by atoms with Crippen molar-refractivity contribution in [3.63, 3.8) is 0 Å². The summed E-state index contributed by atoms with van der Waals surface area (Å²) in [6.07, 6.45) is -28.2. The maximum Gasteiger partial charge on any atom is 0.476 e. The van der Waals surface area contributed by atoms with Crippen LogP contribution in [0.2, 0.25) is 5.04 Å². The summed E-state index contributed by atoms with van der Waals surface area (Å²) in [5, 5.41) is 3.27. The van der Waals surface area contributed by atoms with E-state index in [1.165, 1.54) is 12.1 Å². The molecule has 0 bridgehead atoms. The molecule has 3 heterocycles. The minimum atomic E-state index is -5.15. The first-order valence-corrected chi connectivity index (χ1v) is 41.1. The largest absolute Gasteiger partial charge is 0.476 e. The van der Waals surface area contributed by atoms with Crippen LogP contribution in [-0.4, -0.2) is 181 Å². The molecular weight excluding hydrogens is 1560 g/mol. The number of amides is 1. The molecule has 32 heteroatoms. The van der Waals surface area contributed by atoms with Gasteiger partial charge in [-0.25, -0.2) is 18.9 Å². The lowest BCUT2D eigenvalue weighted by Crippen LogP contribution is -2.70. The Hall–Kier alpha value is -10.4. The van der Waals surface area contributed by atoms with Crippen molar-refractivity contribution < 1.29 is 137 Å². The van der Waals surface area contributed by atoms with E-state index in [2.05, 4.69) is 5.32 Å². The Morgan fingerprint density at radius 3 is 1.34 bits per heavy atom. The highest BCUT2D eigenvalue weighted by Gasteiger charge is 2.61. The minimum Gasteiger partial charge on any atom is -0.463 e. The smallest absolute Gasteiger partial charge is 0.463 e. The highest BCUT2D eigenvalue weighted by atomic mass is 31.2. The molecule has 0 saturated carbocycles. The molecule has 0 spiro atoms. The summed E-state index contributed by atoms with van der Waals surface area (Å²) in [6.45, 7) is 9.65. The molecule has 3 saturated heterocycles. The zero-order chi connectivity index (χ0) is 83.8. The lowest BCUT2D eigenvalue weighted by Gasteiger charge is -2.50. The van der Waals surface area contributed by atoms with Gasteiger partial charge in [-0.15, -0.1) is 0 Å². The van der Waals surface area contributed by atoms with E-state index in [-0.39, 0.29) is 18.8 Å². The molecule has 0 aromatic heterocycles. The van der Waals surface area contributed by atoms with Crippen molar-refractivity contribution in [2.45, 2.75) is 193 Å². The van der Waals surface area contributed by atoms with E-state index in [0.29, 0.717) is 22.3 Å². The van der Waals surface area contributed by atoms with Crippen LogP contribution in [0.3, 0.4) is 0 Å². The predicted molar refractivity (Wildman–Crippen MR) is 416 cm³/mol. The van der Waals surface area contributed by atoms with E-state index in [1.54, 1.807) is 140 Å². The molecule has 3 fully saturated rings. The molecule has 10 rings (SSSR count). The van der Waals surface area contributed by atoms with Crippen LogP contribution in [-0.2, 0) is 154 Å². The highest BCUT2D eigenvalue weighted by Crippen LogP contribution is 2.54. The van der Waals surface area contributed by atoms with E-state index in [1.807, 2.05) is 81.4 Å². The van der Waals surface area contributed by atoms with Gasteiger partial charge < -0.3 is 80.8 Å². The molecule has 7 aromatic carbocycles. The predicted octanol–water partition coefficient (Wildman–Crippen LogP) is 9.88. The number of benzene rings is 7. The third-order valence-electron chi connectivity index (χ3n) is 18.7. The number of phosphoric acid groups is 1. The van der Waals surface area contributed by atoms with Crippen molar-refractivity contribution in [2.24, 2.45) is 0 Å². The molecule has 30 nitrogen and oxygen atoms in total. The van der Waals surface area contributed by atoms with Gasteiger partial charge in [-0.1, -0.05) is 220 Å². The number of nitrogens with one attached hydrogen (secondary N) is 1. The van der Waals surface area contributed by atoms with E-state index in [4.69, 9.17) is 89.1 Å². The molecule has 15 atom stereocenters. The Kier molecular flexibility index (Phi) is 32.0. The number of hydrogen-bond acceptors (Lipinski definition) is 29. The molecule has 0 unspecified atom stereocenters. The van der Waals surface area contributed by atoms with Crippen LogP contribution in [0.15, 0.2) is 206 Å². The Bertz CT molecular complexity index is 4390. The molecule has 0 radical (unpaired) electrons. The summed E-state index contributed by atoms with van der Waals surface area (Å²) < 4.78 is 137. The number of ether oxygens (including phenoxy) is 15. The summed E-state index contributed by atoms with van der Waals surface area (Å²) in [5.74, 6) is -8.02. The van der Waals surface area contributed by atoms with Crippen LogP contribution in [0.5, 0.6) is 0 Å². The summed E-state index contributed by atoms with van der Waals surface area (Å²) in [7, 11) is -8.92. The monoisotopic (exact) mass is 1650 g/mol. The highest BCUT2D eigenvalue weighted by molar-refractivity contribution is 7.48. The first-order valence-electron chi connectivity index (χ1n) is 37.8. The second-order valence-corrected chi connectivity index (χ2v) is 34.6. The number of aryl methyl sites for hydroxylation is 1. The van der Waals surface area contributed by atoms with Crippen LogP contribution in [0, 0.1) is 6.92 Å². The number of alkyl carbamates (subject to hydrolysis) is 1. The average molecular weight is 1650 g/mol. The summed E-state index contributed by atoms with van der Waals surface area (Å²) in [4.78, 5) is 125. The molecule has 1 N–H and O–H groups in total. The third-order valence-corrected chi connectivity index (χ3v) is 25.1. The van der Waals surface area contributed by atoms with E-state index >= 15 is 9.36 Å². The Labute approximate surface area is 678 Å². The number of hydrogen-bond donors (Lipinski definition) is 1. The van der Waals surface area contributed by atoms with Gasteiger partial charge in [-0.2, -0.15) is 0 Å². The third kappa shape index (κ3) is 25.1. The van der Waals surface area contributed by atoms with E-state index in [0.717, 1.165) is 57.5 Å². The fourth-order valence-corrected chi connectivity index (χ4v) is 19.4. The quantitative estimate of drug-likeness (QED) is 0.0167. The maximum atomic E-state index is 16.0. The van der Waals surface area contributed by atoms with Crippen LogP contribution in [0.25, 0.3) is 0 Å². The number of carbonyl (C=O) groups excluding carboxylic acids is 9. The zero-order valence-corrected chi connectivity index (χ0v) is 68.1. The standard InChI is InChI=1S/C85H96NO29PSi/c1-53-41-43-64(44-42-53)79(93)113-72-70(52-104-117(85(8,9)10,65-37-25-15-26-38-65)66-39-27-16-28-40-66)112-82(77(109-59(7)92)75(72)114-83-76(108-58(6)91)74(107-57(5)90)71(105-55(3)88)68(111-83)50-97-54(2)87)110-69-51-100-81(99-49-67(80(94)98-45-60-29-17-11-18-30-60)86-84(95)101-46-61-31-19-12-20-32-61)78(73(69)106-56(4)89)115-116(96,102-47-62-33-21-13-22-34-62)103-48-63-35-23-14-24-36-63/h11-44,67-78,81-83H,45-52H2,1-10H3,(H,86,95)/t67-,68+,69+,70+,71-,72-,73-,74-,75-,76+,77+,78+,81+,82+,83+/m0/s1. The van der Waals surface area contributed by atoms with Crippen LogP contribution in [0.1, 0.15) is 100 Å². The Balaban J connectivity index is 1.14. The molecule has 3 aliphatic heterocycles. The van der Waals surface area contributed by atoms with Gasteiger partial charge in [0.2, 0.25) is 0 Å². The minimum absolute atomic E-state index is 0.0148. The van der Waals surface area contributed by atoms with Gasteiger partial charge in [0, 0.05) is 41.5 Å². The maximum absolute atomic E-state index is 16.0. The van der Waals surface area contributed by atoms with Crippen molar-refractivity contribution in [3.05, 3.63) is 240 Å². The first-order chi connectivity index (χ1) is 56.0. The Morgan fingerprint density at radius 1 is 0.444 bits per heavy atom. The van der Waals surface area contributed by atoms with Gasteiger partial charge in [0.05, 0.1) is 38.6 Å². The number of rotatable bonds is 35.